The number of rotatable bonds is 2. The molecule has 0 aromatic carbocycles. The minimum Gasteiger partial charge on any atom is -0.384 e. The smallest absolute Gasteiger partial charge is 0.148 e. The van der Waals surface area contributed by atoms with Crippen LogP contribution in [0.5, 0.6) is 0 Å². The second-order valence-electron chi connectivity index (χ2n) is 3.46. The molecule has 0 spiro atoms. The van der Waals surface area contributed by atoms with Gasteiger partial charge < -0.3 is 10.5 Å². The van der Waals surface area contributed by atoms with Crippen molar-refractivity contribution in [2.75, 3.05) is 12.8 Å². The molecule has 0 saturated heterocycles. The van der Waals surface area contributed by atoms with Crippen LogP contribution >= 0.6 is 0 Å². The molecule has 0 aliphatic carbocycles. The van der Waals surface area contributed by atoms with Crippen molar-refractivity contribution in [1.82, 2.24) is 4.98 Å². The second-order valence-corrected chi connectivity index (χ2v) is 3.46. The maximum atomic E-state index is 8.88. The molecule has 74 valence electrons. The summed E-state index contributed by atoms with van der Waals surface area (Å²) in [4.78, 5) is 3.94. The normalized spacial score (nSPS) is 11.0. The van der Waals surface area contributed by atoms with Crippen LogP contribution in [-0.2, 0) is 10.3 Å². The highest BCUT2D eigenvalue weighted by Gasteiger charge is 2.23. The molecular formula is C10H13N3O. The van der Waals surface area contributed by atoms with Crippen LogP contribution in [0.15, 0.2) is 12.1 Å². The van der Waals surface area contributed by atoms with Crippen molar-refractivity contribution in [2.45, 2.75) is 19.4 Å². The zero-order chi connectivity index (χ0) is 10.8. The van der Waals surface area contributed by atoms with Crippen LogP contribution in [0, 0.1) is 11.3 Å². The monoisotopic (exact) mass is 191 g/mol. The Balaban J connectivity index is 3.29. The number of pyridine rings is 1. The zero-order valence-electron chi connectivity index (χ0n) is 8.53. The molecule has 0 unspecified atom stereocenters. The summed E-state index contributed by atoms with van der Waals surface area (Å²) in [7, 11) is 1.59. The van der Waals surface area contributed by atoms with Crippen molar-refractivity contribution in [3.05, 3.63) is 23.4 Å². The fraction of sp³-hybridized carbons (Fsp3) is 0.400. The van der Waals surface area contributed by atoms with Crippen LogP contribution < -0.4 is 5.73 Å². The fourth-order valence-electron chi connectivity index (χ4n) is 1.16. The molecule has 4 heteroatoms. The van der Waals surface area contributed by atoms with Crippen molar-refractivity contribution in [2.24, 2.45) is 0 Å². The third kappa shape index (κ3) is 1.83. The lowest BCUT2D eigenvalue weighted by atomic mass is 9.96. The molecule has 0 amide bonds. The SMILES string of the molecule is COC(C)(C)c1ccc(N)nc1C#N. The number of ether oxygens (including phenoxy) is 1. The molecule has 0 aliphatic heterocycles. The van der Waals surface area contributed by atoms with Gasteiger partial charge in [0.1, 0.15) is 17.6 Å². The Bertz CT molecular complexity index is 379. The third-order valence-corrected chi connectivity index (χ3v) is 2.18. The molecule has 1 aromatic heterocycles. The molecule has 0 fully saturated rings. The molecule has 0 atom stereocenters. The summed E-state index contributed by atoms with van der Waals surface area (Å²) >= 11 is 0. The van der Waals surface area contributed by atoms with Crippen molar-refractivity contribution in [3.63, 3.8) is 0 Å². The van der Waals surface area contributed by atoms with E-state index in [1.54, 1.807) is 19.2 Å². The maximum Gasteiger partial charge on any atom is 0.148 e. The van der Waals surface area contributed by atoms with E-state index < -0.39 is 5.60 Å². The van der Waals surface area contributed by atoms with Gasteiger partial charge >= 0.3 is 0 Å². The van der Waals surface area contributed by atoms with E-state index in [1.165, 1.54) is 0 Å². The van der Waals surface area contributed by atoms with Crippen LogP contribution in [0.25, 0.3) is 0 Å². The Morgan fingerprint density at radius 2 is 2.14 bits per heavy atom. The first-order chi connectivity index (χ1) is 6.51. The fourth-order valence-corrected chi connectivity index (χ4v) is 1.16. The van der Waals surface area contributed by atoms with Gasteiger partial charge in [0.25, 0.3) is 0 Å². The average molecular weight is 191 g/mol. The van der Waals surface area contributed by atoms with Gasteiger partial charge in [-0.2, -0.15) is 5.26 Å². The lowest BCUT2D eigenvalue weighted by molar-refractivity contribution is 0.0187. The molecule has 4 nitrogen and oxygen atoms in total. The number of nitriles is 1. The van der Waals surface area contributed by atoms with Gasteiger partial charge in [0.15, 0.2) is 0 Å². The maximum absolute atomic E-state index is 8.88. The quantitative estimate of drug-likeness (QED) is 0.767. The first-order valence-corrected chi connectivity index (χ1v) is 4.23. The average Bonchev–Trinajstić information content (AvgIpc) is 2.17. The van der Waals surface area contributed by atoms with E-state index in [0.717, 1.165) is 5.56 Å². The number of aromatic nitrogens is 1. The number of nitrogens with two attached hydrogens (primary N) is 1. The summed E-state index contributed by atoms with van der Waals surface area (Å²) in [6.45, 7) is 3.75. The molecule has 0 saturated carbocycles. The summed E-state index contributed by atoms with van der Waals surface area (Å²) in [6, 6.07) is 5.44. The standard InChI is InChI=1S/C10H13N3O/c1-10(2,14-3)7-4-5-9(12)13-8(7)6-11/h4-5H,1-3H3,(H2,12,13). The number of anilines is 1. The van der Waals surface area contributed by atoms with Crippen molar-refractivity contribution in [1.29, 1.82) is 5.26 Å². The summed E-state index contributed by atoms with van der Waals surface area (Å²) in [6.07, 6.45) is 0. The van der Waals surface area contributed by atoms with E-state index >= 15 is 0 Å². The number of nitrogen functional groups attached to an aromatic ring is 1. The van der Waals surface area contributed by atoms with Gasteiger partial charge in [-0.1, -0.05) is 0 Å². The Morgan fingerprint density at radius 3 is 2.64 bits per heavy atom. The molecule has 0 radical (unpaired) electrons. The summed E-state index contributed by atoms with van der Waals surface area (Å²) in [5, 5.41) is 8.88. The summed E-state index contributed by atoms with van der Waals surface area (Å²) in [5.74, 6) is 0.345. The molecule has 0 aliphatic rings. The highest BCUT2D eigenvalue weighted by molar-refractivity contribution is 5.42. The largest absolute Gasteiger partial charge is 0.384 e. The van der Waals surface area contributed by atoms with Crippen molar-refractivity contribution >= 4 is 5.82 Å². The number of methoxy groups -OCH3 is 1. The third-order valence-electron chi connectivity index (χ3n) is 2.18. The predicted octanol–water partition coefficient (Wildman–Crippen LogP) is 1.42. The second kappa shape index (κ2) is 3.64. The Hall–Kier alpha value is -1.60. The Labute approximate surface area is 83.3 Å². The zero-order valence-corrected chi connectivity index (χ0v) is 8.53. The van der Waals surface area contributed by atoms with E-state index in [4.69, 9.17) is 15.7 Å². The number of hydrogen-bond acceptors (Lipinski definition) is 4. The first-order valence-electron chi connectivity index (χ1n) is 4.23. The van der Waals surface area contributed by atoms with E-state index in [1.807, 2.05) is 19.9 Å². The molecular weight excluding hydrogens is 178 g/mol. The Kier molecular flexibility index (Phi) is 2.73. The first kappa shape index (κ1) is 10.5. The van der Waals surface area contributed by atoms with Crippen molar-refractivity contribution < 1.29 is 4.74 Å². The van der Waals surface area contributed by atoms with E-state index in [9.17, 15) is 0 Å². The van der Waals surface area contributed by atoms with Crippen LogP contribution in [0.3, 0.4) is 0 Å². The summed E-state index contributed by atoms with van der Waals surface area (Å²) < 4.78 is 5.27. The van der Waals surface area contributed by atoms with E-state index in [2.05, 4.69) is 4.98 Å². The van der Waals surface area contributed by atoms with Gasteiger partial charge in [-0.3, -0.25) is 0 Å². The molecule has 1 rings (SSSR count). The van der Waals surface area contributed by atoms with Crippen LogP contribution in [0.1, 0.15) is 25.1 Å². The lowest BCUT2D eigenvalue weighted by Crippen LogP contribution is -2.21. The van der Waals surface area contributed by atoms with E-state index in [-0.39, 0.29) is 0 Å². The van der Waals surface area contributed by atoms with Crippen LogP contribution in [-0.4, -0.2) is 12.1 Å². The Morgan fingerprint density at radius 1 is 1.50 bits per heavy atom. The lowest BCUT2D eigenvalue weighted by Gasteiger charge is -2.23. The molecule has 14 heavy (non-hydrogen) atoms. The van der Waals surface area contributed by atoms with Gasteiger partial charge in [-0.15, -0.1) is 0 Å². The van der Waals surface area contributed by atoms with Gasteiger partial charge in [0.05, 0.1) is 5.60 Å². The summed E-state index contributed by atoms with van der Waals surface area (Å²) in [5.41, 5.74) is 6.03. The van der Waals surface area contributed by atoms with Crippen LogP contribution in [0.2, 0.25) is 0 Å². The van der Waals surface area contributed by atoms with Gasteiger partial charge in [0, 0.05) is 12.7 Å². The molecule has 1 heterocycles. The highest BCUT2D eigenvalue weighted by atomic mass is 16.5. The topological polar surface area (TPSA) is 71.9 Å². The van der Waals surface area contributed by atoms with Crippen LogP contribution in [0.4, 0.5) is 5.82 Å². The molecule has 0 bridgehead atoms. The molecule has 1 aromatic rings. The van der Waals surface area contributed by atoms with Gasteiger partial charge in [0.2, 0.25) is 0 Å². The van der Waals surface area contributed by atoms with Crippen molar-refractivity contribution in [3.8, 4) is 6.07 Å². The highest BCUT2D eigenvalue weighted by Crippen LogP contribution is 2.26. The van der Waals surface area contributed by atoms with E-state index in [0.29, 0.717) is 11.5 Å². The predicted molar refractivity (Wildman–Crippen MR) is 53.4 cm³/mol. The molecule has 2 N–H and O–H groups in total. The minimum atomic E-state index is -0.522. The van der Waals surface area contributed by atoms with Gasteiger partial charge in [-0.25, -0.2) is 4.98 Å². The minimum absolute atomic E-state index is 0.317. The number of hydrogen-bond donors (Lipinski definition) is 1. The number of nitrogens with zero attached hydrogens (tertiary/aromatic N) is 2. The van der Waals surface area contributed by atoms with Gasteiger partial charge in [-0.05, 0) is 26.0 Å².